The van der Waals surface area contributed by atoms with Gasteiger partial charge in [0.25, 0.3) is 0 Å². The molecule has 2 N–H and O–H groups in total. The first-order valence-corrected chi connectivity index (χ1v) is 15.0. The summed E-state index contributed by atoms with van der Waals surface area (Å²) in [6.07, 6.45) is 7.90. The molecule has 1 saturated carbocycles. The summed E-state index contributed by atoms with van der Waals surface area (Å²) in [6.45, 7) is 26.0. The van der Waals surface area contributed by atoms with Crippen LogP contribution in [0.1, 0.15) is 142 Å². The number of nitrogens with zero attached hydrogens (tertiary/aromatic N) is 2. The number of halogens is 1. The van der Waals surface area contributed by atoms with E-state index in [4.69, 9.17) is 9.98 Å². The standard InChI is InChI=1S/C36H54N2O2.ClH.Cr/c1-33(2,3)25-17-23(31(39)27(19-25)35(7,8)9)21-37-29-15-13-14-16-30(29)38-22-24-18-26(34(4,5)6)20-28(32(24)40)36(10,11)12;;/h17-22,29-30,39-40H,13-16H2,1-12H3;1H;/p-1/t29-,30-;;/m0../s1. The molecule has 234 valence electrons. The third kappa shape index (κ3) is 9.35. The summed E-state index contributed by atoms with van der Waals surface area (Å²) in [5.41, 5.74) is 5.39. The van der Waals surface area contributed by atoms with Crippen LogP contribution in [0.25, 0.3) is 0 Å². The molecular formula is C36H54ClCrN2O2-. The van der Waals surface area contributed by atoms with Gasteiger partial charge in [-0.1, -0.05) is 108 Å². The fourth-order valence-electron chi connectivity index (χ4n) is 5.31. The van der Waals surface area contributed by atoms with Gasteiger partial charge in [0.2, 0.25) is 0 Å². The molecule has 0 unspecified atom stereocenters. The van der Waals surface area contributed by atoms with Crippen LogP contribution in [-0.2, 0) is 39.0 Å². The largest absolute Gasteiger partial charge is 1.00 e. The first-order valence-electron chi connectivity index (χ1n) is 15.0. The average Bonchev–Trinajstić information content (AvgIpc) is 2.80. The van der Waals surface area contributed by atoms with Gasteiger partial charge in [-0.05, 0) is 57.8 Å². The first kappa shape index (κ1) is 38.2. The number of hydrogen-bond donors (Lipinski definition) is 2. The summed E-state index contributed by atoms with van der Waals surface area (Å²) in [6, 6.07) is 8.53. The summed E-state index contributed by atoms with van der Waals surface area (Å²) in [5, 5.41) is 22.5. The molecule has 1 aliphatic carbocycles. The van der Waals surface area contributed by atoms with Crippen LogP contribution >= 0.6 is 0 Å². The van der Waals surface area contributed by atoms with E-state index in [1.165, 1.54) is 11.1 Å². The minimum absolute atomic E-state index is 0. The molecule has 0 radical (unpaired) electrons. The molecule has 0 amide bonds. The van der Waals surface area contributed by atoms with Gasteiger partial charge in [-0.3, -0.25) is 9.98 Å². The van der Waals surface area contributed by atoms with Gasteiger partial charge in [0, 0.05) is 52.0 Å². The van der Waals surface area contributed by atoms with Crippen molar-refractivity contribution < 1.29 is 40.0 Å². The third-order valence-electron chi connectivity index (χ3n) is 8.13. The molecule has 42 heavy (non-hydrogen) atoms. The van der Waals surface area contributed by atoms with Crippen molar-refractivity contribution in [2.24, 2.45) is 9.98 Å². The number of aliphatic imine (C=N–C) groups is 2. The van der Waals surface area contributed by atoms with Gasteiger partial charge in [0.1, 0.15) is 11.5 Å². The van der Waals surface area contributed by atoms with Crippen LogP contribution in [0.15, 0.2) is 34.3 Å². The molecule has 2 aromatic rings. The van der Waals surface area contributed by atoms with Gasteiger partial charge in [-0.2, -0.15) is 0 Å². The normalized spacial score (nSPS) is 18.7. The van der Waals surface area contributed by atoms with E-state index in [1.807, 2.05) is 12.4 Å². The molecule has 0 bridgehead atoms. The Hall–Kier alpha value is -1.80. The monoisotopic (exact) mass is 633 g/mol. The summed E-state index contributed by atoms with van der Waals surface area (Å²) >= 11 is 0. The van der Waals surface area contributed by atoms with Crippen molar-refractivity contribution in [1.82, 2.24) is 0 Å². The number of hydrogen-bond acceptors (Lipinski definition) is 4. The Morgan fingerprint density at radius 2 is 0.881 bits per heavy atom. The maximum atomic E-state index is 11.2. The Labute approximate surface area is 273 Å². The van der Waals surface area contributed by atoms with Crippen molar-refractivity contribution >= 4 is 12.4 Å². The Morgan fingerprint density at radius 3 is 1.14 bits per heavy atom. The van der Waals surface area contributed by atoms with Crippen LogP contribution in [-0.4, -0.2) is 34.7 Å². The Bertz CT molecular complexity index is 1170. The second kappa shape index (κ2) is 13.9. The second-order valence-electron chi connectivity index (χ2n) is 15.9. The zero-order valence-corrected chi connectivity index (χ0v) is 30.1. The molecule has 1 fully saturated rings. The van der Waals surface area contributed by atoms with Crippen molar-refractivity contribution in [3.05, 3.63) is 57.6 Å². The van der Waals surface area contributed by atoms with E-state index in [0.717, 1.165) is 47.9 Å². The molecule has 1 aliphatic rings. The molecule has 0 aliphatic heterocycles. The van der Waals surface area contributed by atoms with Gasteiger partial charge in [-0.25, -0.2) is 0 Å². The van der Waals surface area contributed by atoms with E-state index in [2.05, 4.69) is 107 Å². The van der Waals surface area contributed by atoms with Gasteiger partial charge in [0.05, 0.1) is 12.1 Å². The smallest absolute Gasteiger partial charge is 0.128 e. The van der Waals surface area contributed by atoms with Crippen molar-refractivity contribution in [2.75, 3.05) is 0 Å². The molecule has 0 aromatic heterocycles. The van der Waals surface area contributed by atoms with Crippen molar-refractivity contribution in [2.45, 2.75) is 143 Å². The van der Waals surface area contributed by atoms with E-state index in [-0.39, 0.29) is 63.5 Å². The molecular weight excluding hydrogens is 580 g/mol. The van der Waals surface area contributed by atoms with E-state index in [9.17, 15) is 10.2 Å². The summed E-state index contributed by atoms with van der Waals surface area (Å²) in [4.78, 5) is 10.1. The van der Waals surface area contributed by atoms with Crippen molar-refractivity contribution in [3.63, 3.8) is 0 Å². The molecule has 2 atom stereocenters. The van der Waals surface area contributed by atoms with Gasteiger partial charge >= 0.3 is 0 Å². The Balaban J connectivity index is 0.00000441. The molecule has 0 spiro atoms. The summed E-state index contributed by atoms with van der Waals surface area (Å²) < 4.78 is 0. The topological polar surface area (TPSA) is 65.2 Å². The van der Waals surface area contributed by atoms with Crippen LogP contribution < -0.4 is 12.4 Å². The number of benzene rings is 2. The minimum atomic E-state index is -0.179. The predicted molar refractivity (Wildman–Crippen MR) is 172 cm³/mol. The maximum Gasteiger partial charge on any atom is 0.128 e. The quantitative estimate of drug-likeness (QED) is 0.398. The van der Waals surface area contributed by atoms with Crippen LogP contribution in [0.2, 0.25) is 0 Å². The fourth-order valence-corrected chi connectivity index (χ4v) is 5.31. The maximum absolute atomic E-state index is 11.2. The van der Waals surface area contributed by atoms with Gasteiger partial charge in [-0.15, -0.1) is 0 Å². The number of aromatic hydroxyl groups is 2. The molecule has 0 heterocycles. The SMILES string of the molecule is CC(C)(C)c1cc(C=N[C@H]2CCCC[C@@H]2N=Cc2cc(C(C)(C)C)cc(C(C)(C)C)c2O)c(O)c(C(C)(C)C)c1.[Cl-].[Cr]. The van der Waals surface area contributed by atoms with E-state index in [0.29, 0.717) is 11.5 Å². The molecule has 2 aromatic carbocycles. The number of phenols is 2. The van der Waals surface area contributed by atoms with Crippen LogP contribution in [0.4, 0.5) is 0 Å². The second-order valence-corrected chi connectivity index (χ2v) is 15.9. The number of rotatable bonds is 4. The fraction of sp³-hybridized carbons (Fsp3) is 0.611. The van der Waals surface area contributed by atoms with E-state index >= 15 is 0 Å². The van der Waals surface area contributed by atoms with Gasteiger partial charge < -0.3 is 22.6 Å². The first-order chi connectivity index (χ1) is 18.2. The van der Waals surface area contributed by atoms with Crippen molar-refractivity contribution in [1.29, 1.82) is 0 Å². The van der Waals surface area contributed by atoms with Crippen molar-refractivity contribution in [3.8, 4) is 11.5 Å². The van der Waals surface area contributed by atoms with E-state index < -0.39 is 0 Å². The zero-order valence-electron chi connectivity index (χ0n) is 28.0. The van der Waals surface area contributed by atoms with E-state index in [1.54, 1.807) is 0 Å². The zero-order chi connectivity index (χ0) is 30.3. The van der Waals surface area contributed by atoms with Crippen LogP contribution in [0.3, 0.4) is 0 Å². The molecule has 4 nitrogen and oxygen atoms in total. The van der Waals surface area contributed by atoms with Gasteiger partial charge in [0.15, 0.2) is 0 Å². The minimum Gasteiger partial charge on any atom is -1.00 e. The molecule has 6 heteroatoms. The van der Waals surface area contributed by atoms with Crippen LogP contribution in [0.5, 0.6) is 11.5 Å². The Morgan fingerprint density at radius 1 is 0.571 bits per heavy atom. The third-order valence-corrected chi connectivity index (χ3v) is 8.13. The molecule has 3 rings (SSSR count). The number of phenolic OH excluding ortho intramolecular Hbond substituents is 2. The summed E-state index contributed by atoms with van der Waals surface area (Å²) in [5.74, 6) is 0.637. The molecule has 0 saturated heterocycles. The summed E-state index contributed by atoms with van der Waals surface area (Å²) in [7, 11) is 0. The van der Waals surface area contributed by atoms with Crippen LogP contribution in [0, 0.1) is 0 Å². The predicted octanol–water partition coefficient (Wildman–Crippen LogP) is 6.14. The average molecular weight is 634 g/mol. The Kier molecular flexibility index (Phi) is 12.6.